The normalized spacial score (nSPS) is 10.3. The van der Waals surface area contributed by atoms with E-state index in [0.717, 1.165) is 28.4 Å². The van der Waals surface area contributed by atoms with Crippen LogP contribution in [0.15, 0.2) is 24.3 Å². The SMILES string of the molecule is CCCc1nc(CCOc2ccc(F)cc2)sc1CC#N. The van der Waals surface area contributed by atoms with Gasteiger partial charge < -0.3 is 4.74 Å². The molecule has 0 aliphatic carbocycles. The summed E-state index contributed by atoms with van der Waals surface area (Å²) in [5.41, 5.74) is 1.04. The molecular weight excluding hydrogens is 287 g/mol. The van der Waals surface area contributed by atoms with E-state index in [1.54, 1.807) is 23.5 Å². The summed E-state index contributed by atoms with van der Waals surface area (Å²) < 4.78 is 18.3. The van der Waals surface area contributed by atoms with Crippen molar-refractivity contribution in [2.45, 2.75) is 32.6 Å². The van der Waals surface area contributed by atoms with Crippen molar-refractivity contribution in [2.75, 3.05) is 6.61 Å². The highest BCUT2D eigenvalue weighted by atomic mass is 32.1. The summed E-state index contributed by atoms with van der Waals surface area (Å²) in [6.07, 6.45) is 3.05. The van der Waals surface area contributed by atoms with Gasteiger partial charge in [0.25, 0.3) is 0 Å². The van der Waals surface area contributed by atoms with Crippen molar-refractivity contribution in [1.82, 2.24) is 4.98 Å². The first-order valence-electron chi connectivity index (χ1n) is 6.95. The van der Waals surface area contributed by atoms with Crippen LogP contribution in [-0.2, 0) is 19.3 Å². The molecule has 0 saturated carbocycles. The molecule has 0 fully saturated rings. The smallest absolute Gasteiger partial charge is 0.123 e. The number of halogens is 1. The molecule has 0 N–H and O–H groups in total. The Morgan fingerprint density at radius 2 is 2.05 bits per heavy atom. The highest BCUT2D eigenvalue weighted by Crippen LogP contribution is 2.21. The van der Waals surface area contributed by atoms with Crippen LogP contribution in [0.4, 0.5) is 4.39 Å². The Morgan fingerprint density at radius 3 is 2.71 bits per heavy atom. The molecule has 1 heterocycles. The molecule has 0 unspecified atom stereocenters. The first kappa shape index (κ1) is 15.5. The van der Waals surface area contributed by atoms with Crippen LogP contribution >= 0.6 is 11.3 Å². The third-order valence-electron chi connectivity index (χ3n) is 2.95. The Labute approximate surface area is 128 Å². The fraction of sp³-hybridized carbons (Fsp3) is 0.375. The highest BCUT2D eigenvalue weighted by Gasteiger charge is 2.10. The Bertz CT molecular complexity index is 616. The number of rotatable bonds is 7. The lowest BCUT2D eigenvalue weighted by Crippen LogP contribution is -2.01. The van der Waals surface area contributed by atoms with E-state index in [9.17, 15) is 4.39 Å². The van der Waals surface area contributed by atoms with Crippen molar-refractivity contribution in [1.29, 1.82) is 5.26 Å². The van der Waals surface area contributed by atoms with Crippen LogP contribution in [-0.4, -0.2) is 11.6 Å². The maximum atomic E-state index is 12.8. The molecule has 0 aliphatic rings. The average molecular weight is 304 g/mol. The summed E-state index contributed by atoms with van der Waals surface area (Å²) in [6, 6.07) is 8.17. The molecule has 2 rings (SSSR count). The second-order valence-corrected chi connectivity index (χ2v) is 5.78. The monoisotopic (exact) mass is 304 g/mol. The fourth-order valence-corrected chi connectivity index (χ4v) is 3.00. The summed E-state index contributed by atoms with van der Waals surface area (Å²) in [7, 11) is 0. The van der Waals surface area contributed by atoms with Crippen LogP contribution in [0.3, 0.4) is 0 Å². The second-order valence-electron chi connectivity index (χ2n) is 4.61. The maximum Gasteiger partial charge on any atom is 0.123 e. The molecule has 5 heteroatoms. The summed E-state index contributed by atoms with van der Waals surface area (Å²) >= 11 is 1.59. The fourth-order valence-electron chi connectivity index (χ4n) is 1.97. The summed E-state index contributed by atoms with van der Waals surface area (Å²) in [5, 5.41) is 9.83. The Kier molecular flexibility index (Phi) is 5.70. The minimum atomic E-state index is -0.271. The maximum absolute atomic E-state index is 12.8. The Hall–Kier alpha value is -1.93. The van der Waals surface area contributed by atoms with Crippen molar-refractivity contribution in [2.24, 2.45) is 0 Å². The molecule has 2 aromatic rings. The molecule has 0 bridgehead atoms. The largest absolute Gasteiger partial charge is 0.493 e. The van der Waals surface area contributed by atoms with Crippen LogP contribution in [0.25, 0.3) is 0 Å². The van der Waals surface area contributed by atoms with Gasteiger partial charge in [-0.3, -0.25) is 0 Å². The minimum absolute atomic E-state index is 0.271. The van der Waals surface area contributed by atoms with Gasteiger partial charge in [-0.25, -0.2) is 9.37 Å². The number of hydrogen-bond acceptors (Lipinski definition) is 4. The van der Waals surface area contributed by atoms with E-state index in [1.165, 1.54) is 12.1 Å². The Balaban J connectivity index is 1.92. The lowest BCUT2D eigenvalue weighted by Gasteiger charge is -2.04. The lowest BCUT2D eigenvalue weighted by molar-refractivity contribution is 0.321. The Morgan fingerprint density at radius 1 is 1.29 bits per heavy atom. The van der Waals surface area contributed by atoms with Crippen LogP contribution in [0.1, 0.15) is 28.9 Å². The van der Waals surface area contributed by atoms with Gasteiger partial charge >= 0.3 is 0 Å². The van der Waals surface area contributed by atoms with Crippen molar-refractivity contribution >= 4 is 11.3 Å². The first-order chi connectivity index (χ1) is 10.2. The number of nitriles is 1. The number of thiazole rings is 1. The molecule has 0 radical (unpaired) electrons. The van der Waals surface area contributed by atoms with Crippen LogP contribution in [0.5, 0.6) is 5.75 Å². The zero-order chi connectivity index (χ0) is 15.1. The lowest BCUT2D eigenvalue weighted by atomic mass is 10.2. The van der Waals surface area contributed by atoms with Gasteiger partial charge in [0.05, 0.1) is 29.8 Å². The molecule has 1 aromatic heterocycles. The third kappa shape index (κ3) is 4.54. The topological polar surface area (TPSA) is 45.9 Å². The number of aryl methyl sites for hydroxylation is 1. The van der Waals surface area contributed by atoms with E-state index in [4.69, 9.17) is 10.00 Å². The van der Waals surface area contributed by atoms with Crippen LogP contribution < -0.4 is 4.74 Å². The zero-order valence-electron chi connectivity index (χ0n) is 11.9. The highest BCUT2D eigenvalue weighted by molar-refractivity contribution is 7.11. The molecule has 110 valence electrons. The van der Waals surface area contributed by atoms with E-state index in [0.29, 0.717) is 25.2 Å². The molecule has 1 aromatic carbocycles. The standard InChI is InChI=1S/C16H17FN2OS/c1-2-3-14-15(8-10-18)21-16(19-14)9-11-20-13-6-4-12(17)5-7-13/h4-7H,2-3,8-9,11H2,1H3. The van der Waals surface area contributed by atoms with E-state index >= 15 is 0 Å². The number of benzene rings is 1. The molecule has 3 nitrogen and oxygen atoms in total. The predicted octanol–water partition coefficient (Wildman–Crippen LogP) is 3.92. The van der Waals surface area contributed by atoms with Crippen molar-refractivity contribution in [3.8, 4) is 11.8 Å². The molecule has 0 atom stereocenters. The first-order valence-corrected chi connectivity index (χ1v) is 7.77. The zero-order valence-corrected chi connectivity index (χ0v) is 12.8. The van der Waals surface area contributed by atoms with Gasteiger partial charge in [0.1, 0.15) is 11.6 Å². The van der Waals surface area contributed by atoms with E-state index in [1.807, 2.05) is 0 Å². The van der Waals surface area contributed by atoms with Gasteiger partial charge in [0.2, 0.25) is 0 Å². The molecule has 0 saturated heterocycles. The van der Waals surface area contributed by atoms with Gasteiger partial charge in [-0.05, 0) is 30.7 Å². The number of aromatic nitrogens is 1. The van der Waals surface area contributed by atoms with Crippen molar-refractivity contribution in [3.63, 3.8) is 0 Å². The molecule has 0 aliphatic heterocycles. The minimum Gasteiger partial charge on any atom is -0.493 e. The predicted molar refractivity (Wildman–Crippen MR) is 81.0 cm³/mol. The second kappa shape index (κ2) is 7.75. The number of hydrogen-bond donors (Lipinski definition) is 0. The summed E-state index contributed by atoms with van der Waals surface area (Å²) in [6.45, 7) is 2.60. The quantitative estimate of drug-likeness (QED) is 0.778. The van der Waals surface area contributed by atoms with Crippen LogP contribution in [0.2, 0.25) is 0 Å². The van der Waals surface area contributed by atoms with Gasteiger partial charge in [0.15, 0.2) is 0 Å². The van der Waals surface area contributed by atoms with Gasteiger partial charge in [0, 0.05) is 11.3 Å². The molecule has 21 heavy (non-hydrogen) atoms. The summed E-state index contributed by atoms with van der Waals surface area (Å²) in [5.74, 6) is 0.381. The van der Waals surface area contributed by atoms with Crippen molar-refractivity contribution in [3.05, 3.63) is 45.7 Å². The van der Waals surface area contributed by atoms with E-state index in [2.05, 4.69) is 18.0 Å². The molecule has 0 amide bonds. The van der Waals surface area contributed by atoms with Gasteiger partial charge in [-0.15, -0.1) is 11.3 Å². The average Bonchev–Trinajstić information content (AvgIpc) is 2.84. The third-order valence-corrected chi connectivity index (χ3v) is 4.10. The van der Waals surface area contributed by atoms with Gasteiger partial charge in [-0.1, -0.05) is 13.3 Å². The van der Waals surface area contributed by atoms with E-state index < -0.39 is 0 Å². The van der Waals surface area contributed by atoms with Gasteiger partial charge in [-0.2, -0.15) is 5.26 Å². The number of ether oxygens (including phenoxy) is 1. The van der Waals surface area contributed by atoms with Crippen molar-refractivity contribution < 1.29 is 9.13 Å². The molecular formula is C16H17FN2OS. The number of nitrogens with zero attached hydrogens (tertiary/aromatic N) is 2. The summed E-state index contributed by atoms with van der Waals surface area (Å²) in [4.78, 5) is 5.66. The molecule has 0 spiro atoms. The van der Waals surface area contributed by atoms with E-state index in [-0.39, 0.29) is 5.82 Å². The van der Waals surface area contributed by atoms with Crippen LogP contribution in [0, 0.1) is 17.1 Å².